The maximum atomic E-state index is 4.95. The summed E-state index contributed by atoms with van der Waals surface area (Å²) in [6.45, 7) is 3.22. The first kappa shape index (κ1) is 15.6. The van der Waals surface area contributed by atoms with Crippen molar-refractivity contribution in [1.82, 2.24) is 24.6 Å². The third-order valence-electron chi connectivity index (χ3n) is 5.59. The number of nitrogens with zero attached hydrogens (tertiary/aromatic N) is 6. The normalized spacial score (nSPS) is 23.6. The Morgan fingerprint density at radius 1 is 1.29 bits per heavy atom. The first-order valence-electron chi connectivity index (χ1n) is 8.80. The monoisotopic (exact) mass is 326 g/mol. The Hall–Kier alpha value is -1.95. The average Bonchev–Trinajstić information content (AvgIpc) is 3.12. The fraction of sp³-hybridized carbons (Fsp3) is 0.611. The van der Waals surface area contributed by atoms with Crippen LogP contribution in [0.15, 0.2) is 18.5 Å². The Morgan fingerprint density at radius 2 is 2.17 bits per heavy atom. The van der Waals surface area contributed by atoms with E-state index in [2.05, 4.69) is 21.0 Å². The Labute approximate surface area is 143 Å². The van der Waals surface area contributed by atoms with Gasteiger partial charge in [-0.25, -0.2) is 9.97 Å². The predicted octanol–water partition coefficient (Wildman–Crippen LogP) is 1.76. The Morgan fingerprint density at radius 3 is 2.92 bits per heavy atom. The highest BCUT2D eigenvalue weighted by molar-refractivity contribution is 5.39. The van der Waals surface area contributed by atoms with Crippen LogP contribution in [0.1, 0.15) is 36.2 Å². The van der Waals surface area contributed by atoms with Gasteiger partial charge in [-0.2, -0.15) is 5.10 Å². The third-order valence-corrected chi connectivity index (χ3v) is 5.59. The van der Waals surface area contributed by atoms with E-state index in [0.29, 0.717) is 0 Å². The fourth-order valence-corrected chi connectivity index (χ4v) is 4.29. The molecule has 0 amide bonds. The maximum absolute atomic E-state index is 4.95. The molecular formula is C18H26N6. The molecule has 0 bridgehead atoms. The number of anilines is 1. The van der Waals surface area contributed by atoms with Crippen LogP contribution < -0.4 is 4.90 Å². The van der Waals surface area contributed by atoms with Crippen molar-refractivity contribution in [3.63, 3.8) is 0 Å². The van der Waals surface area contributed by atoms with Crippen LogP contribution in [0, 0.1) is 0 Å². The summed E-state index contributed by atoms with van der Waals surface area (Å²) in [6, 6.07) is 2.12. The van der Waals surface area contributed by atoms with Crippen molar-refractivity contribution < 1.29 is 0 Å². The largest absolute Gasteiger partial charge is 0.347 e. The van der Waals surface area contributed by atoms with Gasteiger partial charge < -0.3 is 4.90 Å². The molecule has 1 aliphatic heterocycles. The summed E-state index contributed by atoms with van der Waals surface area (Å²) in [5, 5.41) is 4.30. The molecule has 0 saturated carbocycles. The minimum Gasteiger partial charge on any atom is -0.347 e. The van der Waals surface area contributed by atoms with Crippen molar-refractivity contribution in [2.24, 2.45) is 7.05 Å². The maximum Gasteiger partial charge on any atom is 0.225 e. The number of likely N-dealkylation sites (tertiary alicyclic amines) is 1. The van der Waals surface area contributed by atoms with E-state index in [1.807, 2.05) is 43.1 Å². The highest BCUT2D eigenvalue weighted by atomic mass is 15.3. The molecule has 4 rings (SSSR count). The van der Waals surface area contributed by atoms with Crippen LogP contribution in [0.5, 0.6) is 0 Å². The molecule has 2 aliphatic rings. The molecule has 1 aliphatic carbocycles. The first-order valence-corrected chi connectivity index (χ1v) is 8.80. The van der Waals surface area contributed by atoms with E-state index in [9.17, 15) is 0 Å². The minimum atomic E-state index is 0.208. The lowest BCUT2D eigenvalue weighted by Crippen LogP contribution is -2.45. The lowest BCUT2D eigenvalue weighted by Gasteiger charge is -2.40. The highest BCUT2D eigenvalue weighted by Crippen LogP contribution is 2.44. The second-order valence-electron chi connectivity index (χ2n) is 7.48. The third kappa shape index (κ3) is 2.59. The number of aryl methyl sites for hydroxylation is 2. The summed E-state index contributed by atoms with van der Waals surface area (Å²) in [5.41, 5.74) is 4.14. The molecule has 1 saturated heterocycles. The zero-order chi connectivity index (χ0) is 16.7. The van der Waals surface area contributed by atoms with Crippen molar-refractivity contribution in [3.8, 4) is 0 Å². The lowest BCUT2D eigenvalue weighted by atomic mass is 9.77. The van der Waals surface area contributed by atoms with Crippen LogP contribution in [0.25, 0.3) is 0 Å². The van der Waals surface area contributed by atoms with Gasteiger partial charge in [-0.3, -0.25) is 9.58 Å². The van der Waals surface area contributed by atoms with Gasteiger partial charge in [-0.05, 0) is 43.9 Å². The van der Waals surface area contributed by atoms with Crippen molar-refractivity contribution in [2.75, 3.05) is 32.1 Å². The quantitative estimate of drug-likeness (QED) is 0.860. The Balaban J connectivity index is 1.60. The van der Waals surface area contributed by atoms with Crippen LogP contribution in [-0.2, 0) is 25.4 Å². The van der Waals surface area contributed by atoms with Crippen LogP contribution in [0.3, 0.4) is 0 Å². The molecule has 6 nitrogen and oxygen atoms in total. The molecule has 2 aromatic rings. The zero-order valence-electron chi connectivity index (χ0n) is 14.9. The summed E-state index contributed by atoms with van der Waals surface area (Å²) >= 11 is 0. The fourth-order valence-electron chi connectivity index (χ4n) is 4.29. The van der Waals surface area contributed by atoms with Crippen LogP contribution in [0.4, 0.5) is 5.95 Å². The van der Waals surface area contributed by atoms with Gasteiger partial charge in [-0.1, -0.05) is 0 Å². The molecular weight excluding hydrogens is 300 g/mol. The van der Waals surface area contributed by atoms with E-state index in [4.69, 9.17) is 4.98 Å². The van der Waals surface area contributed by atoms with Crippen molar-refractivity contribution >= 4 is 5.95 Å². The van der Waals surface area contributed by atoms with Crippen LogP contribution in [-0.4, -0.2) is 51.8 Å². The molecule has 1 spiro atoms. The number of fused-ring (bicyclic) bond motifs is 2. The zero-order valence-corrected chi connectivity index (χ0v) is 14.9. The van der Waals surface area contributed by atoms with E-state index in [1.54, 1.807) is 0 Å². The van der Waals surface area contributed by atoms with E-state index >= 15 is 0 Å². The summed E-state index contributed by atoms with van der Waals surface area (Å²) in [7, 11) is 6.05. The Kier molecular flexibility index (Phi) is 3.79. The van der Waals surface area contributed by atoms with Gasteiger partial charge in [0.1, 0.15) is 0 Å². The minimum absolute atomic E-state index is 0.208. The summed E-state index contributed by atoms with van der Waals surface area (Å²) < 4.78 is 1.98. The first-order chi connectivity index (χ1) is 11.6. The molecule has 0 N–H and O–H groups in total. The molecule has 6 heteroatoms. The number of rotatable bonds is 3. The Bertz CT molecular complexity index is 733. The van der Waals surface area contributed by atoms with Gasteiger partial charge in [0.05, 0.1) is 11.4 Å². The van der Waals surface area contributed by atoms with Gasteiger partial charge in [0, 0.05) is 52.0 Å². The standard InChI is InChI=1S/C18H26N6/c1-22(2)17-19-11-14-5-8-18(16(14)21-17)7-4-10-24(13-18)12-15-6-9-20-23(15)3/h6,9,11H,4-5,7-8,10,12-13H2,1-3H3. The van der Waals surface area contributed by atoms with Gasteiger partial charge in [0.2, 0.25) is 5.95 Å². The topological polar surface area (TPSA) is 50.1 Å². The van der Waals surface area contributed by atoms with E-state index < -0.39 is 0 Å². The molecule has 1 fully saturated rings. The van der Waals surface area contributed by atoms with Gasteiger partial charge >= 0.3 is 0 Å². The SMILES string of the molecule is CN(C)c1ncc2c(n1)C1(CCCN(Cc3ccnn3C)C1)CC2. The van der Waals surface area contributed by atoms with Crippen molar-refractivity contribution in [3.05, 3.63) is 35.4 Å². The summed E-state index contributed by atoms with van der Waals surface area (Å²) in [5.74, 6) is 0.832. The van der Waals surface area contributed by atoms with Crippen LogP contribution in [0.2, 0.25) is 0 Å². The van der Waals surface area contributed by atoms with Gasteiger partial charge in [0.15, 0.2) is 0 Å². The van der Waals surface area contributed by atoms with Gasteiger partial charge in [0.25, 0.3) is 0 Å². The molecule has 1 atom stereocenters. The molecule has 0 aromatic carbocycles. The van der Waals surface area contributed by atoms with Gasteiger partial charge in [-0.15, -0.1) is 0 Å². The van der Waals surface area contributed by atoms with E-state index in [1.165, 1.54) is 36.2 Å². The van der Waals surface area contributed by atoms with Crippen molar-refractivity contribution in [2.45, 2.75) is 37.6 Å². The number of hydrogen-bond acceptors (Lipinski definition) is 5. The highest BCUT2D eigenvalue weighted by Gasteiger charge is 2.43. The van der Waals surface area contributed by atoms with E-state index in [0.717, 1.165) is 32.0 Å². The number of hydrogen-bond donors (Lipinski definition) is 0. The average molecular weight is 326 g/mol. The predicted molar refractivity (Wildman–Crippen MR) is 94.1 cm³/mol. The molecule has 3 heterocycles. The molecule has 1 unspecified atom stereocenters. The summed E-state index contributed by atoms with van der Waals surface area (Å²) in [6.07, 6.45) is 8.73. The van der Waals surface area contributed by atoms with Crippen molar-refractivity contribution in [1.29, 1.82) is 0 Å². The molecule has 0 radical (unpaired) electrons. The molecule has 128 valence electrons. The summed E-state index contributed by atoms with van der Waals surface area (Å²) in [4.78, 5) is 14.0. The molecule has 24 heavy (non-hydrogen) atoms. The van der Waals surface area contributed by atoms with Crippen LogP contribution >= 0.6 is 0 Å². The second-order valence-corrected chi connectivity index (χ2v) is 7.48. The lowest BCUT2D eigenvalue weighted by molar-refractivity contribution is 0.134. The van der Waals surface area contributed by atoms with E-state index in [-0.39, 0.29) is 5.41 Å². The molecule has 2 aromatic heterocycles. The smallest absolute Gasteiger partial charge is 0.225 e. The second kappa shape index (κ2) is 5.84. The number of aromatic nitrogens is 4. The number of piperidine rings is 1.